The summed E-state index contributed by atoms with van der Waals surface area (Å²) in [6.45, 7) is 0.607. The number of aromatic nitrogens is 2. The van der Waals surface area contributed by atoms with E-state index in [0.29, 0.717) is 25.8 Å². The van der Waals surface area contributed by atoms with E-state index in [4.69, 9.17) is 5.11 Å². The fraction of sp³-hybridized carbons (Fsp3) is 0.615. The highest BCUT2D eigenvalue weighted by molar-refractivity contribution is 5.82. The monoisotopic (exact) mass is 278 g/mol. The molecule has 1 fully saturated rings. The van der Waals surface area contributed by atoms with Crippen LogP contribution in [0.4, 0.5) is 0 Å². The average molecular weight is 278 g/mol. The number of carboxylic acid groups (broad SMARTS) is 1. The van der Waals surface area contributed by atoms with Crippen molar-refractivity contribution in [3.05, 3.63) is 17.7 Å². The molecule has 7 nitrogen and oxygen atoms in total. The molecular weight excluding hydrogens is 260 g/mol. The summed E-state index contributed by atoms with van der Waals surface area (Å²) in [5, 5.41) is 15.1. The molecule has 0 radical (unpaired) electrons. The summed E-state index contributed by atoms with van der Waals surface area (Å²) in [5.41, 5.74) is 1.96. The zero-order valence-corrected chi connectivity index (χ0v) is 11.1. The van der Waals surface area contributed by atoms with Crippen LogP contribution in [0.2, 0.25) is 0 Å². The van der Waals surface area contributed by atoms with Crippen LogP contribution in [0.25, 0.3) is 0 Å². The van der Waals surface area contributed by atoms with Crippen LogP contribution in [0.1, 0.15) is 30.7 Å². The molecule has 108 valence electrons. The summed E-state index contributed by atoms with van der Waals surface area (Å²) in [7, 11) is 0. The van der Waals surface area contributed by atoms with E-state index in [9.17, 15) is 9.59 Å². The number of H-pyrrole nitrogens is 1. The lowest BCUT2D eigenvalue weighted by molar-refractivity contribution is -0.141. The minimum absolute atomic E-state index is 0.0222. The van der Waals surface area contributed by atoms with E-state index in [2.05, 4.69) is 20.6 Å². The summed E-state index contributed by atoms with van der Waals surface area (Å²) in [4.78, 5) is 30.3. The molecule has 1 saturated carbocycles. The Labute approximate surface area is 116 Å². The highest BCUT2D eigenvalue weighted by Gasteiger charge is 2.33. The number of hydrogen-bond donors (Lipinski definition) is 4. The van der Waals surface area contributed by atoms with Crippen LogP contribution in [-0.4, -0.2) is 39.0 Å². The summed E-state index contributed by atoms with van der Waals surface area (Å²) in [5.74, 6) is -1.15. The molecule has 2 heterocycles. The highest BCUT2D eigenvalue weighted by atomic mass is 16.4. The van der Waals surface area contributed by atoms with Gasteiger partial charge in [-0.15, -0.1) is 0 Å². The maximum absolute atomic E-state index is 12.2. The van der Waals surface area contributed by atoms with Gasteiger partial charge in [-0.1, -0.05) is 0 Å². The van der Waals surface area contributed by atoms with E-state index in [1.807, 2.05) is 0 Å². The SMILES string of the molecule is O=C(N[C@H]1CC[C@@H](C(=O)O)C1)C1Cc2nc[nH]c2CN1. The second-order valence-corrected chi connectivity index (χ2v) is 5.52. The van der Waals surface area contributed by atoms with Crippen LogP contribution in [0.3, 0.4) is 0 Å². The Bertz CT molecular complexity index is 527. The quantitative estimate of drug-likeness (QED) is 0.612. The molecule has 1 aliphatic carbocycles. The van der Waals surface area contributed by atoms with Gasteiger partial charge in [0.25, 0.3) is 0 Å². The van der Waals surface area contributed by atoms with Gasteiger partial charge in [0.1, 0.15) is 0 Å². The zero-order chi connectivity index (χ0) is 14.1. The van der Waals surface area contributed by atoms with Crippen molar-refractivity contribution in [2.75, 3.05) is 0 Å². The molecule has 2 aliphatic rings. The smallest absolute Gasteiger partial charge is 0.306 e. The van der Waals surface area contributed by atoms with Gasteiger partial charge in [0.05, 0.1) is 29.7 Å². The summed E-state index contributed by atoms with van der Waals surface area (Å²) in [6, 6.07) is -0.305. The summed E-state index contributed by atoms with van der Waals surface area (Å²) in [6.07, 6.45) is 4.12. The van der Waals surface area contributed by atoms with Gasteiger partial charge < -0.3 is 15.4 Å². The number of carbonyl (C=O) groups excluding carboxylic acids is 1. The van der Waals surface area contributed by atoms with Gasteiger partial charge in [0.15, 0.2) is 0 Å². The molecule has 0 bridgehead atoms. The van der Waals surface area contributed by atoms with Crippen LogP contribution in [0, 0.1) is 5.92 Å². The summed E-state index contributed by atoms with van der Waals surface area (Å²) < 4.78 is 0. The third-order valence-electron chi connectivity index (χ3n) is 4.17. The maximum atomic E-state index is 12.2. The number of carbonyl (C=O) groups is 2. The van der Waals surface area contributed by atoms with Crippen molar-refractivity contribution in [3.63, 3.8) is 0 Å². The Balaban J connectivity index is 1.55. The Kier molecular flexibility index (Phi) is 3.43. The molecule has 1 amide bonds. The number of aromatic amines is 1. The van der Waals surface area contributed by atoms with E-state index in [1.165, 1.54) is 0 Å². The predicted octanol–water partition coefficient (Wildman–Crippen LogP) is -0.207. The number of rotatable bonds is 3. The number of nitrogens with one attached hydrogen (secondary N) is 3. The molecule has 1 aromatic rings. The number of amides is 1. The number of hydrogen-bond acceptors (Lipinski definition) is 4. The van der Waals surface area contributed by atoms with E-state index in [-0.39, 0.29) is 23.9 Å². The van der Waals surface area contributed by atoms with Crippen LogP contribution in [0.5, 0.6) is 0 Å². The third-order valence-corrected chi connectivity index (χ3v) is 4.17. The van der Waals surface area contributed by atoms with E-state index in [1.54, 1.807) is 6.33 Å². The first-order valence-electron chi connectivity index (χ1n) is 6.91. The minimum Gasteiger partial charge on any atom is -0.481 e. The first-order valence-corrected chi connectivity index (χ1v) is 6.91. The van der Waals surface area contributed by atoms with Gasteiger partial charge in [0, 0.05) is 19.0 Å². The standard InChI is InChI=1S/C13H18N4O3/c18-12(17-8-2-1-7(3-8)13(19)20)10-4-9-11(5-14-10)16-6-15-9/h6-8,10,14H,1-5H2,(H,15,16)(H,17,18)(H,19,20)/t7-,8+,10?/m1/s1. The molecule has 3 rings (SSSR count). The van der Waals surface area contributed by atoms with Crippen LogP contribution < -0.4 is 10.6 Å². The molecule has 1 aromatic heterocycles. The van der Waals surface area contributed by atoms with Gasteiger partial charge in [-0.3, -0.25) is 14.9 Å². The topological polar surface area (TPSA) is 107 Å². The van der Waals surface area contributed by atoms with Crippen molar-refractivity contribution in [1.82, 2.24) is 20.6 Å². The molecule has 3 atom stereocenters. The number of carboxylic acids is 1. The number of nitrogens with zero attached hydrogens (tertiary/aromatic N) is 1. The largest absolute Gasteiger partial charge is 0.481 e. The normalized spacial score (nSPS) is 28.9. The van der Waals surface area contributed by atoms with Gasteiger partial charge in [0.2, 0.25) is 5.91 Å². The minimum atomic E-state index is -0.765. The first kappa shape index (κ1) is 13.1. The molecule has 0 spiro atoms. The van der Waals surface area contributed by atoms with Crippen LogP contribution in [-0.2, 0) is 22.6 Å². The Morgan fingerprint density at radius 2 is 2.25 bits per heavy atom. The third kappa shape index (κ3) is 2.53. The van der Waals surface area contributed by atoms with Crippen molar-refractivity contribution in [3.8, 4) is 0 Å². The van der Waals surface area contributed by atoms with Gasteiger partial charge in [-0.05, 0) is 19.3 Å². The predicted molar refractivity (Wildman–Crippen MR) is 69.8 cm³/mol. The zero-order valence-electron chi connectivity index (χ0n) is 11.1. The fourth-order valence-electron chi connectivity index (χ4n) is 2.99. The second-order valence-electron chi connectivity index (χ2n) is 5.52. The Morgan fingerprint density at radius 3 is 3.00 bits per heavy atom. The van der Waals surface area contributed by atoms with E-state index >= 15 is 0 Å². The molecule has 4 N–H and O–H groups in total. The maximum Gasteiger partial charge on any atom is 0.306 e. The molecule has 7 heteroatoms. The van der Waals surface area contributed by atoms with Crippen molar-refractivity contribution in [1.29, 1.82) is 0 Å². The van der Waals surface area contributed by atoms with E-state index < -0.39 is 5.97 Å². The number of imidazole rings is 1. The molecule has 20 heavy (non-hydrogen) atoms. The molecule has 1 unspecified atom stereocenters. The van der Waals surface area contributed by atoms with Crippen molar-refractivity contribution in [2.45, 2.75) is 44.3 Å². The highest BCUT2D eigenvalue weighted by Crippen LogP contribution is 2.25. The van der Waals surface area contributed by atoms with Gasteiger partial charge in [-0.25, -0.2) is 4.98 Å². The van der Waals surface area contributed by atoms with Crippen molar-refractivity contribution >= 4 is 11.9 Å². The Morgan fingerprint density at radius 1 is 1.40 bits per heavy atom. The fourth-order valence-corrected chi connectivity index (χ4v) is 2.99. The van der Waals surface area contributed by atoms with Crippen molar-refractivity contribution in [2.24, 2.45) is 5.92 Å². The van der Waals surface area contributed by atoms with Crippen LogP contribution in [0.15, 0.2) is 6.33 Å². The lowest BCUT2D eigenvalue weighted by atomic mass is 10.0. The number of aliphatic carboxylic acids is 1. The molecule has 0 aromatic carbocycles. The average Bonchev–Trinajstić information content (AvgIpc) is 3.05. The van der Waals surface area contributed by atoms with Crippen LogP contribution >= 0.6 is 0 Å². The molecule has 0 saturated heterocycles. The molecule has 1 aliphatic heterocycles. The van der Waals surface area contributed by atoms with Crippen molar-refractivity contribution < 1.29 is 14.7 Å². The second kappa shape index (κ2) is 5.24. The van der Waals surface area contributed by atoms with E-state index in [0.717, 1.165) is 17.8 Å². The lowest BCUT2D eigenvalue weighted by Gasteiger charge is -2.24. The lowest BCUT2D eigenvalue weighted by Crippen LogP contribution is -2.50. The first-order chi connectivity index (χ1) is 9.63. The van der Waals surface area contributed by atoms with Gasteiger partial charge >= 0.3 is 5.97 Å². The van der Waals surface area contributed by atoms with Gasteiger partial charge in [-0.2, -0.15) is 0 Å². The molecular formula is C13H18N4O3. The number of fused-ring (bicyclic) bond motifs is 1. The Hall–Kier alpha value is -1.89. The summed E-state index contributed by atoms with van der Waals surface area (Å²) >= 11 is 0.